The molecule has 0 aromatic rings. The predicted molar refractivity (Wildman–Crippen MR) is 51.1 cm³/mol. The van der Waals surface area contributed by atoms with Crippen molar-refractivity contribution in [2.45, 2.75) is 32.2 Å². The first kappa shape index (κ1) is 14.2. The van der Waals surface area contributed by atoms with Gasteiger partial charge in [-0.2, -0.15) is 0 Å². The summed E-state index contributed by atoms with van der Waals surface area (Å²) in [5.74, 6) is 0. The molecular weight excluding hydrogens is 180 g/mol. The maximum atomic E-state index is 8.75. The van der Waals surface area contributed by atoms with E-state index in [0.717, 1.165) is 0 Å². The van der Waals surface area contributed by atoms with E-state index in [1.807, 2.05) is 13.8 Å². The smallest absolute Gasteiger partial charge is 0.102 e. The van der Waals surface area contributed by atoms with Gasteiger partial charge in [-0.3, -0.25) is 0 Å². The zero-order valence-electron chi connectivity index (χ0n) is 7.45. The minimum Gasteiger partial charge on any atom is -0.411 e. The van der Waals surface area contributed by atoms with Gasteiger partial charge in [0.15, 0.2) is 0 Å². The summed E-state index contributed by atoms with van der Waals surface area (Å²) in [7, 11) is 0. The third kappa shape index (κ3) is 2.97. The second-order valence-electron chi connectivity index (χ2n) is 2.57. The highest BCUT2D eigenvalue weighted by atomic mass is 35.5. The van der Waals surface area contributed by atoms with Crippen molar-refractivity contribution in [3.8, 4) is 0 Å². The molecule has 0 saturated heterocycles. The average molecular weight is 197 g/mol. The van der Waals surface area contributed by atoms with Crippen LogP contribution >= 0.6 is 12.4 Å². The molecule has 0 bridgehead atoms. The lowest BCUT2D eigenvalue weighted by Gasteiger charge is -2.25. The Labute approximate surface area is 78.9 Å². The third-order valence-electron chi connectivity index (χ3n) is 2.11. The van der Waals surface area contributed by atoms with Crippen LogP contribution in [0.25, 0.3) is 0 Å². The molecule has 5 heteroatoms. The van der Waals surface area contributed by atoms with Crippen molar-refractivity contribution in [1.82, 2.24) is 0 Å². The van der Waals surface area contributed by atoms with Gasteiger partial charge in [-0.15, -0.1) is 12.4 Å². The molecule has 0 aromatic heterocycles. The first-order chi connectivity index (χ1) is 5.14. The zero-order chi connectivity index (χ0) is 8.91. The first-order valence-corrected chi connectivity index (χ1v) is 3.75. The lowest BCUT2D eigenvalue weighted by atomic mass is 9.89. The van der Waals surface area contributed by atoms with Crippen molar-refractivity contribution in [2.75, 3.05) is 6.61 Å². The normalized spacial score (nSPS) is 12.5. The molecule has 0 aliphatic carbocycles. The second kappa shape index (κ2) is 6.22. The zero-order valence-corrected chi connectivity index (χ0v) is 8.27. The molecule has 0 unspecified atom stereocenters. The van der Waals surface area contributed by atoms with E-state index >= 15 is 0 Å². The number of oxime groups is 1. The molecule has 0 amide bonds. The Bertz CT molecular complexity index is 146. The van der Waals surface area contributed by atoms with Gasteiger partial charge in [-0.25, -0.2) is 0 Å². The van der Waals surface area contributed by atoms with Gasteiger partial charge >= 0.3 is 0 Å². The Balaban J connectivity index is 0. The molecule has 0 aromatic carbocycles. The number of hydrogen-bond acceptors (Lipinski definition) is 4. The molecule has 0 saturated carbocycles. The summed E-state index contributed by atoms with van der Waals surface area (Å²) < 4.78 is 0. The van der Waals surface area contributed by atoms with Crippen LogP contribution in [0.15, 0.2) is 5.16 Å². The molecule has 12 heavy (non-hydrogen) atoms. The minimum absolute atomic E-state index is 0. The topological polar surface area (TPSA) is 78.8 Å². The van der Waals surface area contributed by atoms with Crippen LogP contribution in [-0.2, 0) is 0 Å². The molecule has 0 radical (unpaired) electrons. The maximum absolute atomic E-state index is 8.75. The molecule has 0 aliphatic rings. The van der Waals surface area contributed by atoms with E-state index in [4.69, 9.17) is 16.0 Å². The van der Waals surface area contributed by atoms with Crippen molar-refractivity contribution in [3.63, 3.8) is 0 Å². The minimum atomic E-state index is -0.649. The summed E-state index contributed by atoms with van der Waals surface area (Å²) in [6.07, 6.45) is 1.31. The van der Waals surface area contributed by atoms with Crippen molar-refractivity contribution in [2.24, 2.45) is 10.9 Å². The fourth-order valence-corrected chi connectivity index (χ4v) is 0.947. The molecule has 0 heterocycles. The molecule has 4 N–H and O–H groups in total. The number of hydrogen-bond donors (Lipinski definition) is 3. The van der Waals surface area contributed by atoms with E-state index in [0.29, 0.717) is 12.8 Å². The molecule has 4 nitrogen and oxygen atoms in total. The summed E-state index contributed by atoms with van der Waals surface area (Å²) in [5, 5.41) is 20.2. The SMILES string of the molecule is CCC(N)(CC)/C(CO)=N/O.Cl. The maximum Gasteiger partial charge on any atom is 0.102 e. The Morgan fingerprint density at radius 2 is 1.83 bits per heavy atom. The van der Waals surface area contributed by atoms with Gasteiger partial charge in [-0.1, -0.05) is 19.0 Å². The highest BCUT2D eigenvalue weighted by Gasteiger charge is 2.27. The van der Waals surface area contributed by atoms with E-state index < -0.39 is 5.54 Å². The number of nitrogens with zero attached hydrogens (tertiary/aromatic N) is 1. The van der Waals surface area contributed by atoms with Gasteiger partial charge in [0.25, 0.3) is 0 Å². The molecular formula is C7H17ClN2O2. The summed E-state index contributed by atoms with van der Waals surface area (Å²) in [6, 6.07) is 0. The summed E-state index contributed by atoms with van der Waals surface area (Å²) in [5.41, 5.74) is 5.41. The monoisotopic (exact) mass is 196 g/mol. The Kier molecular flexibility index (Phi) is 7.37. The average Bonchev–Trinajstić information content (AvgIpc) is 2.06. The van der Waals surface area contributed by atoms with Crippen LogP contribution in [0, 0.1) is 0 Å². The second-order valence-corrected chi connectivity index (χ2v) is 2.57. The predicted octanol–water partition coefficient (Wildman–Crippen LogP) is 0.748. The largest absolute Gasteiger partial charge is 0.411 e. The molecule has 0 aliphatic heterocycles. The fraction of sp³-hybridized carbons (Fsp3) is 0.857. The third-order valence-corrected chi connectivity index (χ3v) is 2.11. The van der Waals surface area contributed by atoms with Crippen molar-refractivity contribution < 1.29 is 10.3 Å². The Morgan fingerprint density at radius 3 is 1.92 bits per heavy atom. The van der Waals surface area contributed by atoms with Gasteiger partial charge in [0.1, 0.15) is 5.71 Å². The van der Waals surface area contributed by atoms with E-state index in [9.17, 15) is 0 Å². The van der Waals surface area contributed by atoms with Gasteiger partial charge in [0.2, 0.25) is 0 Å². The molecule has 74 valence electrons. The van der Waals surface area contributed by atoms with Gasteiger partial charge in [0.05, 0.1) is 12.1 Å². The van der Waals surface area contributed by atoms with Crippen LogP contribution in [0.3, 0.4) is 0 Å². The van der Waals surface area contributed by atoms with Crippen molar-refractivity contribution >= 4 is 18.1 Å². The lowest BCUT2D eigenvalue weighted by molar-refractivity contribution is 0.288. The first-order valence-electron chi connectivity index (χ1n) is 3.75. The molecule has 0 atom stereocenters. The van der Waals surface area contributed by atoms with Crippen LogP contribution < -0.4 is 5.73 Å². The van der Waals surface area contributed by atoms with Crippen LogP contribution in [-0.4, -0.2) is 28.2 Å². The molecule has 0 fully saturated rings. The van der Waals surface area contributed by atoms with Crippen LogP contribution in [0.5, 0.6) is 0 Å². The molecule has 0 rings (SSSR count). The van der Waals surface area contributed by atoms with Crippen LogP contribution in [0.4, 0.5) is 0 Å². The molecule has 0 spiro atoms. The summed E-state index contributed by atoms with van der Waals surface area (Å²) in [4.78, 5) is 0. The highest BCUT2D eigenvalue weighted by molar-refractivity contribution is 5.93. The number of halogens is 1. The number of aliphatic hydroxyl groups is 1. The lowest BCUT2D eigenvalue weighted by Crippen LogP contribution is -2.48. The van der Waals surface area contributed by atoms with E-state index in [1.54, 1.807) is 0 Å². The standard InChI is InChI=1S/C7H16N2O2.ClH/c1-3-7(8,4-2)6(5-10)9-11;/h10-11H,3-5,8H2,1-2H3;1H/b9-6+;. The Hall–Kier alpha value is -0.320. The highest BCUT2D eigenvalue weighted by Crippen LogP contribution is 2.13. The quantitative estimate of drug-likeness (QED) is 0.353. The number of rotatable bonds is 4. The summed E-state index contributed by atoms with van der Waals surface area (Å²) >= 11 is 0. The van der Waals surface area contributed by atoms with Crippen LogP contribution in [0.1, 0.15) is 26.7 Å². The van der Waals surface area contributed by atoms with E-state index in [2.05, 4.69) is 5.16 Å². The number of nitrogens with two attached hydrogens (primary N) is 1. The number of aliphatic hydroxyl groups excluding tert-OH is 1. The van der Waals surface area contributed by atoms with Gasteiger partial charge < -0.3 is 16.0 Å². The Morgan fingerprint density at radius 1 is 1.42 bits per heavy atom. The fourth-order valence-electron chi connectivity index (χ4n) is 0.947. The van der Waals surface area contributed by atoms with Crippen molar-refractivity contribution in [3.05, 3.63) is 0 Å². The van der Waals surface area contributed by atoms with Gasteiger partial charge in [0, 0.05) is 0 Å². The van der Waals surface area contributed by atoms with E-state index in [-0.39, 0.29) is 24.7 Å². The van der Waals surface area contributed by atoms with Gasteiger partial charge in [-0.05, 0) is 12.8 Å². The van der Waals surface area contributed by atoms with E-state index in [1.165, 1.54) is 0 Å². The van der Waals surface area contributed by atoms with Crippen molar-refractivity contribution in [1.29, 1.82) is 0 Å². The summed E-state index contributed by atoms with van der Waals surface area (Å²) in [6.45, 7) is 3.50. The van der Waals surface area contributed by atoms with Crippen LogP contribution in [0.2, 0.25) is 0 Å².